The van der Waals surface area contributed by atoms with E-state index >= 15 is 0 Å². The van der Waals surface area contributed by atoms with Gasteiger partial charge in [-0.3, -0.25) is 4.99 Å². The fourth-order valence-corrected chi connectivity index (χ4v) is 2.30. The quantitative estimate of drug-likeness (QED) is 0.538. The summed E-state index contributed by atoms with van der Waals surface area (Å²) in [6, 6.07) is 18.8. The molecule has 0 aromatic heterocycles. The van der Waals surface area contributed by atoms with Gasteiger partial charge in [0.15, 0.2) is 0 Å². The van der Waals surface area contributed by atoms with Gasteiger partial charge < -0.3 is 0 Å². The summed E-state index contributed by atoms with van der Waals surface area (Å²) < 4.78 is 0. The number of benzene rings is 2. The zero-order valence-electron chi connectivity index (χ0n) is 12.9. The third-order valence-corrected chi connectivity index (χ3v) is 3.46. The molecule has 0 aliphatic heterocycles. The Morgan fingerprint density at radius 1 is 0.905 bits per heavy atom. The van der Waals surface area contributed by atoms with E-state index < -0.39 is 0 Å². The second-order valence-electron chi connectivity index (χ2n) is 5.04. The van der Waals surface area contributed by atoms with Crippen molar-refractivity contribution in [1.29, 1.82) is 0 Å². The van der Waals surface area contributed by atoms with Crippen LogP contribution in [0.15, 0.2) is 71.7 Å². The van der Waals surface area contributed by atoms with Gasteiger partial charge in [0.2, 0.25) is 0 Å². The molecule has 21 heavy (non-hydrogen) atoms. The van der Waals surface area contributed by atoms with Crippen molar-refractivity contribution in [1.82, 2.24) is 0 Å². The molecular weight excluding hydrogens is 254 g/mol. The van der Waals surface area contributed by atoms with E-state index in [9.17, 15) is 0 Å². The number of allylic oxidation sites excluding steroid dienone is 4. The molecule has 0 unspecified atom stereocenters. The van der Waals surface area contributed by atoms with Crippen LogP contribution >= 0.6 is 0 Å². The van der Waals surface area contributed by atoms with Gasteiger partial charge in [0.1, 0.15) is 0 Å². The molecular formula is C20H21N. The predicted molar refractivity (Wildman–Crippen MR) is 93.7 cm³/mol. The molecule has 106 valence electrons. The van der Waals surface area contributed by atoms with Gasteiger partial charge in [0, 0.05) is 13.3 Å². The summed E-state index contributed by atoms with van der Waals surface area (Å²) >= 11 is 0. The largest absolute Gasteiger partial charge is 0.296 e. The fourth-order valence-electron chi connectivity index (χ4n) is 2.30. The summed E-state index contributed by atoms with van der Waals surface area (Å²) in [6.45, 7) is 4.28. The Hall–Kier alpha value is -2.41. The molecule has 0 fully saturated rings. The lowest BCUT2D eigenvalue weighted by molar-refractivity contribution is 1.41. The first-order valence-corrected chi connectivity index (χ1v) is 7.14. The third kappa shape index (κ3) is 4.03. The van der Waals surface area contributed by atoms with Gasteiger partial charge in [-0.15, -0.1) is 0 Å². The molecule has 0 spiro atoms. The van der Waals surface area contributed by atoms with Crippen molar-refractivity contribution in [2.45, 2.75) is 13.8 Å². The van der Waals surface area contributed by atoms with Crippen LogP contribution in [-0.2, 0) is 0 Å². The minimum Gasteiger partial charge on any atom is -0.296 e. The Morgan fingerprint density at radius 2 is 1.57 bits per heavy atom. The number of aliphatic imine (C=N–C) groups is 1. The molecule has 2 aromatic carbocycles. The zero-order valence-corrected chi connectivity index (χ0v) is 12.9. The Morgan fingerprint density at radius 3 is 2.24 bits per heavy atom. The summed E-state index contributed by atoms with van der Waals surface area (Å²) in [5.41, 5.74) is 6.13. The lowest BCUT2D eigenvalue weighted by Crippen LogP contribution is -1.87. The van der Waals surface area contributed by atoms with Gasteiger partial charge >= 0.3 is 0 Å². The van der Waals surface area contributed by atoms with Crippen LogP contribution in [-0.4, -0.2) is 13.3 Å². The highest BCUT2D eigenvalue weighted by Gasteiger charge is 1.99. The highest BCUT2D eigenvalue weighted by atomic mass is 14.6. The van der Waals surface area contributed by atoms with Crippen LogP contribution < -0.4 is 0 Å². The van der Waals surface area contributed by atoms with E-state index in [0.29, 0.717) is 0 Å². The first-order valence-electron chi connectivity index (χ1n) is 7.14. The topological polar surface area (TPSA) is 12.4 Å². The number of hydrogen-bond acceptors (Lipinski definition) is 1. The van der Waals surface area contributed by atoms with Crippen LogP contribution in [0.2, 0.25) is 0 Å². The second-order valence-corrected chi connectivity index (χ2v) is 5.04. The van der Waals surface area contributed by atoms with Crippen LogP contribution in [0.25, 0.3) is 11.1 Å². The molecule has 2 aromatic rings. The van der Waals surface area contributed by atoms with E-state index in [1.54, 1.807) is 7.05 Å². The monoisotopic (exact) mass is 275 g/mol. The van der Waals surface area contributed by atoms with Gasteiger partial charge in [-0.25, -0.2) is 0 Å². The Balaban J connectivity index is 2.36. The summed E-state index contributed by atoms with van der Waals surface area (Å²) in [5.74, 6) is 0. The van der Waals surface area contributed by atoms with Gasteiger partial charge in [0.05, 0.1) is 0 Å². The Kier molecular flexibility index (Phi) is 5.28. The van der Waals surface area contributed by atoms with Crippen LogP contribution in [0.1, 0.15) is 23.6 Å². The lowest BCUT2D eigenvalue weighted by Gasteiger charge is -2.05. The third-order valence-electron chi connectivity index (χ3n) is 3.46. The van der Waals surface area contributed by atoms with E-state index in [0.717, 1.165) is 5.57 Å². The number of hydrogen-bond donors (Lipinski definition) is 0. The van der Waals surface area contributed by atoms with E-state index in [4.69, 9.17) is 0 Å². The summed E-state index contributed by atoms with van der Waals surface area (Å²) in [5, 5.41) is 0. The maximum absolute atomic E-state index is 4.16. The van der Waals surface area contributed by atoms with Gasteiger partial charge in [-0.1, -0.05) is 66.7 Å². The zero-order chi connectivity index (χ0) is 15.1. The lowest BCUT2D eigenvalue weighted by atomic mass is 10.0. The smallest absolute Gasteiger partial charge is 0.0287 e. The van der Waals surface area contributed by atoms with E-state index in [-0.39, 0.29) is 0 Å². The molecule has 1 heteroatoms. The highest BCUT2D eigenvalue weighted by molar-refractivity contribution is 6.10. The predicted octanol–water partition coefficient (Wildman–Crippen LogP) is 5.18. The fraction of sp³-hybridized carbons (Fsp3) is 0.150. The minimum absolute atomic E-state index is 1.12. The molecule has 0 saturated carbocycles. The normalized spacial score (nSPS) is 12.9. The second kappa shape index (κ2) is 7.39. The first-order chi connectivity index (χ1) is 10.2. The molecule has 2 rings (SSSR count). The number of rotatable bonds is 4. The van der Waals surface area contributed by atoms with Crippen molar-refractivity contribution in [3.8, 4) is 0 Å². The summed E-state index contributed by atoms with van der Waals surface area (Å²) in [4.78, 5) is 4.16. The van der Waals surface area contributed by atoms with Gasteiger partial charge in [0.25, 0.3) is 0 Å². The molecule has 1 nitrogen and oxygen atoms in total. The molecule has 0 saturated heterocycles. The van der Waals surface area contributed by atoms with Crippen molar-refractivity contribution in [2.75, 3.05) is 7.05 Å². The van der Waals surface area contributed by atoms with Gasteiger partial charge in [-0.05, 0) is 41.7 Å². The van der Waals surface area contributed by atoms with E-state index in [1.165, 1.54) is 22.3 Å². The van der Waals surface area contributed by atoms with Crippen molar-refractivity contribution in [3.63, 3.8) is 0 Å². The molecule has 0 bridgehead atoms. The molecule has 0 heterocycles. The van der Waals surface area contributed by atoms with Crippen LogP contribution in [0.4, 0.5) is 0 Å². The average molecular weight is 275 g/mol. The van der Waals surface area contributed by atoms with Gasteiger partial charge in [-0.2, -0.15) is 0 Å². The summed E-state index contributed by atoms with van der Waals surface area (Å²) in [7, 11) is 1.80. The Labute approximate surface area is 127 Å². The molecule has 0 radical (unpaired) electrons. The van der Waals surface area contributed by atoms with E-state index in [1.807, 2.05) is 24.4 Å². The molecule has 0 amide bonds. The Bertz CT molecular complexity index is 676. The van der Waals surface area contributed by atoms with Crippen LogP contribution in [0.3, 0.4) is 0 Å². The van der Waals surface area contributed by atoms with Crippen LogP contribution in [0, 0.1) is 6.92 Å². The van der Waals surface area contributed by atoms with Crippen molar-refractivity contribution in [2.24, 2.45) is 4.99 Å². The van der Waals surface area contributed by atoms with Crippen LogP contribution in [0.5, 0.6) is 0 Å². The highest BCUT2D eigenvalue weighted by Crippen LogP contribution is 2.19. The molecule has 0 N–H and O–H groups in total. The minimum atomic E-state index is 1.12. The van der Waals surface area contributed by atoms with E-state index in [2.05, 4.69) is 67.4 Å². The number of nitrogens with zero attached hydrogens (tertiary/aromatic N) is 1. The molecule has 0 aliphatic carbocycles. The maximum atomic E-state index is 4.16. The van der Waals surface area contributed by atoms with Crippen molar-refractivity contribution >= 4 is 17.4 Å². The standard InChI is InChI=1S/C20H21N/c1-16-9-7-8-12-20(16)17(2)13-14-19(15-21-3)18-10-5-4-6-11-18/h4-15H,1-3H3/b17-13+,19-14+,21-15+. The summed E-state index contributed by atoms with van der Waals surface area (Å²) in [6.07, 6.45) is 6.19. The average Bonchev–Trinajstić information content (AvgIpc) is 2.52. The SMILES string of the molecule is C/N=C/C(=C\C=C(/C)c1ccccc1C)c1ccccc1. The molecule has 0 aliphatic rings. The first kappa shape index (κ1) is 15.0. The molecule has 0 atom stereocenters. The van der Waals surface area contributed by atoms with Crippen molar-refractivity contribution < 1.29 is 0 Å². The maximum Gasteiger partial charge on any atom is 0.0287 e. The van der Waals surface area contributed by atoms with Crippen molar-refractivity contribution in [3.05, 3.63) is 83.4 Å². The number of aryl methyl sites for hydroxylation is 1.